The van der Waals surface area contributed by atoms with E-state index in [1.54, 1.807) is 0 Å². The van der Waals surface area contributed by atoms with Crippen LogP contribution in [0.2, 0.25) is 15.1 Å². The molecule has 0 saturated carbocycles. The molecule has 0 aliphatic carbocycles. The van der Waals surface area contributed by atoms with E-state index in [1.807, 2.05) is 6.92 Å². The molecule has 0 aliphatic rings. The first-order valence-electron chi connectivity index (χ1n) is 5.38. The summed E-state index contributed by atoms with van der Waals surface area (Å²) in [4.78, 5) is 9.52. The van der Waals surface area contributed by atoms with Crippen molar-refractivity contribution in [2.24, 2.45) is 0 Å². The fraction of sp³-hybridized carbons (Fsp3) is 0.400. The van der Waals surface area contributed by atoms with Gasteiger partial charge in [-0.15, -0.1) is 0 Å². The minimum Gasteiger partial charge on any atom is -0.401 e. The Morgan fingerprint density at radius 1 is 1.32 bits per heavy atom. The summed E-state index contributed by atoms with van der Waals surface area (Å²) in [7, 11) is -4.28. The topological polar surface area (TPSA) is 67.8 Å². The molecule has 2 N–H and O–H groups in total. The number of nitrogens with one attached hydrogen (secondary N) is 1. The third kappa shape index (κ3) is 5.88. The SMILES string of the molecule is CCNCCOP(=O)(O)Oc1c(Cl)cc(Cl)cc1Cl. The maximum absolute atomic E-state index is 11.7. The van der Waals surface area contributed by atoms with Gasteiger partial charge in [0.25, 0.3) is 0 Å². The summed E-state index contributed by atoms with van der Waals surface area (Å²) in [5, 5.41) is 3.29. The Morgan fingerprint density at radius 2 is 1.89 bits per heavy atom. The number of hydrogen-bond donors (Lipinski definition) is 2. The van der Waals surface area contributed by atoms with Gasteiger partial charge in [0.05, 0.1) is 16.7 Å². The molecule has 0 amide bonds. The van der Waals surface area contributed by atoms with Gasteiger partial charge in [-0.3, -0.25) is 9.42 Å². The highest BCUT2D eigenvalue weighted by molar-refractivity contribution is 7.47. The highest BCUT2D eigenvalue weighted by Crippen LogP contribution is 2.48. The molecular weight excluding hydrogens is 335 g/mol. The number of phosphoric ester groups is 1. The van der Waals surface area contributed by atoms with Gasteiger partial charge in [0.15, 0.2) is 5.75 Å². The lowest BCUT2D eigenvalue weighted by molar-refractivity contribution is 0.204. The predicted molar refractivity (Wildman–Crippen MR) is 76.4 cm³/mol. The lowest BCUT2D eigenvalue weighted by Crippen LogP contribution is -2.18. The number of phosphoric acid groups is 1. The Morgan fingerprint density at radius 3 is 2.42 bits per heavy atom. The second-order valence-electron chi connectivity index (χ2n) is 3.45. The molecular formula is C10H13Cl3NO4P. The third-order valence-electron chi connectivity index (χ3n) is 1.95. The molecule has 0 radical (unpaired) electrons. The quantitative estimate of drug-likeness (QED) is 0.580. The van der Waals surface area contributed by atoms with E-state index in [1.165, 1.54) is 12.1 Å². The van der Waals surface area contributed by atoms with Crippen molar-refractivity contribution in [2.75, 3.05) is 19.7 Å². The van der Waals surface area contributed by atoms with Crippen LogP contribution in [0.1, 0.15) is 6.92 Å². The van der Waals surface area contributed by atoms with E-state index >= 15 is 0 Å². The molecule has 1 atom stereocenters. The van der Waals surface area contributed by atoms with Gasteiger partial charge in [-0.2, -0.15) is 0 Å². The van der Waals surface area contributed by atoms with Gasteiger partial charge in [0.1, 0.15) is 0 Å². The first-order chi connectivity index (χ1) is 8.85. The average Bonchev–Trinajstić information content (AvgIpc) is 2.29. The van der Waals surface area contributed by atoms with Crippen molar-refractivity contribution in [1.82, 2.24) is 5.32 Å². The van der Waals surface area contributed by atoms with Crippen molar-refractivity contribution in [2.45, 2.75) is 6.92 Å². The minimum absolute atomic E-state index is 0.0183. The van der Waals surface area contributed by atoms with Crippen molar-refractivity contribution >= 4 is 42.6 Å². The summed E-state index contributed by atoms with van der Waals surface area (Å²) in [6.07, 6.45) is 0. The van der Waals surface area contributed by atoms with Crippen molar-refractivity contribution in [3.8, 4) is 5.75 Å². The van der Waals surface area contributed by atoms with Crippen LogP contribution in [0.15, 0.2) is 12.1 Å². The standard InChI is InChI=1S/C10H13Cl3NO4P/c1-2-14-3-4-17-19(15,16)18-10-8(12)5-7(11)6-9(10)13/h5-6,14H,2-4H2,1H3,(H,15,16). The Hall–Kier alpha value is -0.000000000000000167. The molecule has 19 heavy (non-hydrogen) atoms. The van der Waals surface area contributed by atoms with Crippen LogP contribution in [0.4, 0.5) is 0 Å². The van der Waals surface area contributed by atoms with Crippen molar-refractivity contribution in [3.63, 3.8) is 0 Å². The Bertz CT molecular complexity index is 463. The molecule has 0 spiro atoms. The molecule has 9 heteroatoms. The van der Waals surface area contributed by atoms with Gasteiger partial charge in [-0.05, 0) is 18.7 Å². The summed E-state index contributed by atoms with van der Waals surface area (Å²) >= 11 is 17.4. The van der Waals surface area contributed by atoms with E-state index in [9.17, 15) is 9.46 Å². The first-order valence-corrected chi connectivity index (χ1v) is 8.01. The fourth-order valence-corrected chi connectivity index (χ4v) is 2.97. The highest BCUT2D eigenvalue weighted by Gasteiger charge is 2.25. The number of hydrogen-bond acceptors (Lipinski definition) is 4. The van der Waals surface area contributed by atoms with Crippen LogP contribution in [-0.4, -0.2) is 24.6 Å². The lowest BCUT2D eigenvalue weighted by atomic mass is 10.3. The van der Waals surface area contributed by atoms with Crippen LogP contribution in [0.25, 0.3) is 0 Å². The first kappa shape index (κ1) is 17.1. The van der Waals surface area contributed by atoms with E-state index in [0.29, 0.717) is 11.6 Å². The largest absolute Gasteiger partial charge is 0.527 e. The molecule has 0 fully saturated rings. The van der Waals surface area contributed by atoms with Crippen molar-refractivity contribution < 1.29 is 18.5 Å². The molecule has 108 valence electrons. The molecule has 0 aromatic heterocycles. The second-order valence-corrected chi connectivity index (χ2v) is 6.07. The summed E-state index contributed by atoms with van der Waals surface area (Å²) < 4.78 is 21.3. The van der Waals surface area contributed by atoms with E-state index in [-0.39, 0.29) is 22.4 Å². The number of benzene rings is 1. The molecule has 5 nitrogen and oxygen atoms in total. The predicted octanol–water partition coefficient (Wildman–Crippen LogP) is 3.75. The van der Waals surface area contributed by atoms with Gasteiger partial charge in [-0.25, -0.2) is 4.57 Å². The Labute approximate surface area is 126 Å². The maximum atomic E-state index is 11.7. The maximum Gasteiger partial charge on any atom is 0.527 e. The minimum atomic E-state index is -4.28. The van der Waals surface area contributed by atoms with Gasteiger partial charge >= 0.3 is 7.82 Å². The van der Waals surface area contributed by atoms with Gasteiger partial charge in [0, 0.05) is 11.6 Å². The van der Waals surface area contributed by atoms with E-state index in [2.05, 4.69) is 5.32 Å². The molecule has 0 bridgehead atoms. The Kier molecular flexibility index (Phi) is 6.91. The van der Waals surface area contributed by atoms with Crippen LogP contribution in [0.5, 0.6) is 5.75 Å². The van der Waals surface area contributed by atoms with E-state index < -0.39 is 7.82 Å². The van der Waals surface area contributed by atoms with Gasteiger partial charge in [-0.1, -0.05) is 41.7 Å². The van der Waals surface area contributed by atoms with Crippen molar-refractivity contribution in [1.29, 1.82) is 0 Å². The molecule has 1 aromatic rings. The number of likely N-dealkylation sites (N-methyl/N-ethyl adjacent to an activating group) is 1. The van der Waals surface area contributed by atoms with E-state index in [4.69, 9.17) is 43.9 Å². The number of halogens is 3. The highest BCUT2D eigenvalue weighted by atomic mass is 35.5. The zero-order valence-corrected chi connectivity index (χ0v) is 13.2. The molecule has 1 unspecified atom stereocenters. The summed E-state index contributed by atoms with van der Waals surface area (Å²) in [5.74, 6) is -0.137. The second kappa shape index (κ2) is 7.70. The summed E-state index contributed by atoms with van der Waals surface area (Å²) in [6, 6.07) is 2.70. The fourth-order valence-electron chi connectivity index (χ4n) is 1.17. The normalized spacial score (nSPS) is 14.2. The van der Waals surface area contributed by atoms with E-state index in [0.717, 1.165) is 6.54 Å². The van der Waals surface area contributed by atoms with Crippen LogP contribution < -0.4 is 9.84 Å². The molecule has 1 rings (SSSR count). The summed E-state index contributed by atoms with van der Waals surface area (Å²) in [5.41, 5.74) is 0. The summed E-state index contributed by atoms with van der Waals surface area (Å²) in [6.45, 7) is 3.08. The zero-order chi connectivity index (χ0) is 14.5. The molecule has 0 heterocycles. The lowest BCUT2D eigenvalue weighted by Gasteiger charge is -2.15. The average molecular weight is 349 g/mol. The smallest absolute Gasteiger partial charge is 0.401 e. The third-order valence-corrected chi connectivity index (χ3v) is 3.65. The molecule has 0 saturated heterocycles. The van der Waals surface area contributed by atoms with Crippen LogP contribution in [0.3, 0.4) is 0 Å². The molecule has 0 aliphatic heterocycles. The van der Waals surface area contributed by atoms with Crippen LogP contribution >= 0.6 is 42.6 Å². The Balaban J connectivity index is 2.70. The monoisotopic (exact) mass is 347 g/mol. The van der Waals surface area contributed by atoms with Crippen molar-refractivity contribution in [3.05, 3.63) is 27.2 Å². The van der Waals surface area contributed by atoms with Crippen LogP contribution in [0, 0.1) is 0 Å². The van der Waals surface area contributed by atoms with Crippen LogP contribution in [-0.2, 0) is 9.09 Å². The number of rotatable bonds is 7. The van der Waals surface area contributed by atoms with Gasteiger partial charge < -0.3 is 9.84 Å². The van der Waals surface area contributed by atoms with Gasteiger partial charge in [0.2, 0.25) is 0 Å². The zero-order valence-electron chi connectivity index (χ0n) is 10.0. The molecule has 1 aromatic carbocycles.